The van der Waals surface area contributed by atoms with Crippen molar-refractivity contribution < 1.29 is 33.3 Å². The van der Waals surface area contributed by atoms with Crippen LogP contribution in [0.25, 0.3) is 0 Å². The van der Waals surface area contributed by atoms with Crippen LogP contribution in [0.2, 0.25) is 0 Å². The summed E-state index contributed by atoms with van der Waals surface area (Å²) in [6, 6.07) is 13.1. The Morgan fingerprint density at radius 3 is 2.25 bits per heavy atom. The average molecular weight is 443 g/mol. The van der Waals surface area contributed by atoms with Crippen LogP contribution in [-0.4, -0.2) is 58.0 Å². The van der Waals surface area contributed by atoms with Crippen molar-refractivity contribution in [3.63, 3.8) is 0 Å². The summed E-state index contributed by atoms with van der Waals surface area (Å²) < 4.78 is 26.8. The molecule has 1 amide bonds. The van der Waals surface area contributed by atoms with E-state index >= 15 is 0 Å². The number of esters is 1. The minimum absolute atomic E-state index is 0.208. The Hall–Kier alpha value is -3.42. The molecule has 1 fully saturated rings. The quantitative estimate of drug-likeness (QED) is 0.549. The van der Waals surface area contributed by atoms with Crippen LogP contribution in [0.4, 0.5) is 4.79 Å². The number of amides is 1. The van der Waals surface area contributed by atoms with Crippen LogP contribution in [-0.2, 0) is 27.3 Å². The van der Waals surface area contributed by atoms with Gasteiger partial charge in [0.15, 0.2) is 11.5 Å². The van der Waals surface area contributed by atoms with Crippen molar-refractivity contribution >= 4 is 12.1 Å². The SMILES string of the molecule is COc1cc(CCOC(=O)[C@@H]2CCN(C(=O)OCc3ccccc3)C2)cc(OC)c1OC. The van der Waals surface area contributed by atoms with Crippen molar-refractivity contribution in [3.05, 3.63) is 53.6 Å². The molecule has 1 aliphatic heterocycles. The maximum absolute atomic E-state index is 12.5. The van der Waals surface area contributed by atoms with Gasteiger partial charge in [-0.05, 0) is 29.7 Å². The van der Waals surface area contributed by atoms with E-state index in [0.717, 1.165) is 11.1 Å². The van der Waals surface area contributed by atoms with E-state index in [-0.39, 0.29) is 25.1 Å². The fourth-order valence-electron chi connectivity index (χ4n) is 3.60. The molecule has 0 N–H and O–H groups in total. The van der Waals surface area contributed by atoms with E-state index in [1.807, 2.05) is 42.5 Å². The first-order chi connectivity index (χ1) is 15.5. The molecule has 0 saturated carbocycles. The Kier molecular flexibility index (Phi) is 8.19. The first-order valence-electron chi connectivity index (χ1n) is 10.5. The summed E-state index contributed by atoms with van der Waals surface area (Å²) in [6.45, 7) is 1.20. The lowest BCUT2D eigenvalue weighted by molar-refractivity contribution is -0.147. The van der Waals surface area contributed by atoms with Crippen molar-refractivity contribution in [2.24, 2.45) is 5.92 Å². The number of hydrogen-bond acceptors (Lipinski definition) is 7. The fourth-order valence-corrected chi connectivity index (χ4v) is 3.60. The second-order valence-corrected chi connectivity index (χ2v) is 7.42. The second kappa shape index (κ2) is 11.3. The molecule has 1 heterocycles. The average Bonchev–Trinajstić information content (AvgIpc) is 3.33. The van der Waals surface area contributed by atoms with E-state index in [1.54, 1.807) is 26.2 Å². The Morgan fingerprint density at radius 1 is 0.938 bits per heavy atom. The predicted molar refractivity (Wildman–Crippen MR) is 117 cm³/mol. The largest absolute Gasteiger partial charge is 0.493 e. The summed E-state index contributed by atoms with van der Waals surface area (Å²) >= 11 is 0. The lowest BCUT2D eigenvalue weighted by Gasteiger charge is -2.16. The summed E-state index contributed by atoms with van der Waals surface area (Å²) in [6.07, 6.45) is 0.642. The van der Waals surface area contributed by atoms with Gasteiger partial charge in [-0.1, -0.05) is 30.3 Å². The third kappa shape index (κ3) is 5.84. The van der Waals surface area contributed by atoms with E-state index in [1.165, 1.54) is 0 Å². The number of methoxy groups -OCH3 is 3. The molecule has 1 atom stereocenters. The zero-order valence-corrected chi connectivity index (χ0v) is 18.7. The van der Waals surface area contributed by atoms with E-state index in [9.17, 15) is 9.59 Å². The number of nitrogens with zero attached hydrogens (tertiary/aromatic N) is 1. The van der Waals surface area contributed by atoms with Gasteiger partial charge in [-0.3, -0.25) is 4.79 Å². The van der Waals surface area contributed by atoms with Crippen molar-refractivity contribution in [3.8, 4) is 17.2 Å². The molecule has 0 bridgehead atoms. The summed E-state index contributed by atoms with van der Waals surface area (Å²) in [4.78, 5) is 26.3. The van der Waals surface area contributed by atoms with Gasteiger partial charge in [0.25, 0.3) is 0 Å². The van der Waals surface area contributed by atoms with Gasteiger partial charge >= 0.3 is 12.1 Å². The zero-order valence-electron chi connectivity index (χ0n) is 18.7. The molecule has 8 heteroatoms. The smallest absolute Gasteiger partial charge is 0.410 e. The van der Waals surface area contributed by atoms with E-state index < -0.39 is 6.09 Å². The van der Waals surface area contributed by atoms with Gasteiger partial charge in [-0.15, -0.1) is 0 Å². The highest BCUT2D eigenvalue weighted by Gasteiger charge is 2.33. The maximum Gasteiger partial charge on any atom is 0.410 e. The van der Waals surface area contributed by atoms with Gasteiger partial charge in [0.2, 0.25) is 5.75 Å². The van der Waals surface area contributed by atoms with Gasteiger partial charge < -0.3 is 28.6 Å². The lowest BCUT2D eigenvalue weighted by atomic mass is 10.1. The van der Waals surface area contributed by atoms with Crippen molar-refractivity contribution in [1.29, 1.82) is 0 Å². The second-order valence-electron chi connectivity index (χ2n) is 7.42. The van der Waals surface area contributed by atoms with Gasteiger partial charge in [-0.25, -0.2) is 4.79 Å². The number of likely N-dealkylation sites (tertiary alicyclic amines) is 1. The maximum atomic E-state index is 12.5. The summed E-state index contributed by atoms with van der Waals surface area (Å²) in [5.41, 5.74) is 1.81. The van der Waals surface area contributed by atoms with Crippen LogP contribution >= 0.6 is 0 Å². The van der Waals surface area contributed by atoms with Gasteiger partial charge in [-0.2, -0.15) is 0 Å². The number of carbonyl (C=O) groups excluding carboxylic acids is 2. The highest BCUT2D eigenvalue weighted by Crippen LogP contribution is 2.38. The minimum Gasteiger partial charge on any atom is -0.493 e. The Balaban J connectivity index is 1.45. The molecule has 0 aromatic heterocycles. The molecule has 1 saturated heterocycles. The summed E-state index contributed by atoms with van der Waals surface area (Å²) in [5.74, 6) is 0.957. The number of benzene rings is 2. The molecule has 1 aliphatic rings. The number of hydrogen-bond donors (Lipinski definition) is 0. The van der Waals surface area contributed by atoms with Crippen LogP contribution in [0.5, 0.6) is 17.2 Å². The molecular formula is C24H29NO7. The summed E-state index contributed by atoms with van der Waals surface area (Å²) in [5, 5.41) is 0. The molecule has 8 nitrogen and oxygen atoms in total. The Labute approximate surface area is 188 Å². The van der Waals surface area contributed by atoms with Crippen molar-refractivity contribution in [2.75, 3.05) is 41.0 Å². The molecule has 0 spiro atoms. The Bertz CT molecular complexity index is 891. The molecule has 0 unspecified atom stereocenters. The third-order valence-electron chi connectivity index (χ3n) is 5.34. The molecule has 0 aliphatic carbocycles. The molecule has 2 aromatic carbocycles. The van der Waals surface area contributed by atoms with Crippen LogP contribution in [0.15, 0.2) is 42.5 Å². The molecule has 0 radical (unpaired) electrons. The van der Waals surface area contributed by atoms with E-state index in [2.05, 4.69) is 0 Å². The monoisotopic (exact) mass is 443 g/mol. The van der Waals surface area contributed by atoms with Gasteiger partial charge in [0, 0.05) is 19.5 Å². The number of ether oxygens (including phenoxy) is 5. The van der Waals surface area contributed by atoms with Gasteiger partial charge in [0.05, 0.1) is 33.9 Å². The standard InChI is InChI=1S/C24H29NO7/c1-28-20-13-18(14-21(29-2)22(20)30-3)10-12-31-23(26)19-9-11-25(15-19)24(27)32-16-17-7-5-4-6-8-17/h4-8,13-14,19H,9-12,15-16H2,1-3H3/t19-/m1/s1. The number of carbonyl (C=O) groups is 2. The summed E-state index contributed by atoms with van der Waals surface area (Å²) in [7, 11) is 4.65. The lowest BCUT2D eigenvalue weighted by Crippen LogP contribution is -2.31. The highest BCUT2D eigenvalue weighted by atomic mass is 16.6. The molecule has 32 heavy (non-hydrogen) atoms. The van der Waals surface area contributed by atoms with Crippen LogP contribution in [0.1, 0.15) is 17.5 Å². The zero-order chi connectivity index (χ0) is 22.9. The van der Waals surface area contributed by atoms with Crippen molar-refractivity contribution in [1.82, 2.24) is 4.90 Å². The van der Waals surface area contributed by atoms with E-state index in [4.69, 9.17) is 23.7 Å². The fraction of sp³-hybridized carbons (Fsp3) is 0.417. The topological polar surface area (TPSA) is 83.5 Å². The molecule has 2 aromatic rings. The minimum atomic E-state index is -0.415. The number of rotatable bonds is 9. The normalized spacial score (nSPS) is 15.2. The first-order valence-corrected chi connectivity index (χ1v) is 10.5. The van der Waals surface area contributed by atoms with Crippen LogP contribution in [0.3, 0.4) is 0 Å². The van der Waals surface area contributed by atoms with E-state index in [0.29, 0.717) is 43.2 Å². The molecule has 3 rings (SSSR count). The molecule has 172 valence electrons. The molecular weight excluding hydrogens is 414 g/mol. The first kappa shape index (κ1) is 23.2. The van der Waals surface area contributed by atoms with Gasteiger partial charge in [0.1, 0.15) is 6.61 Å². The predicted octanol–water partition coefficient (Wildman–Crippen LogP) is 3.46. The van der Waals surface area contributed by atoms with Crippen molar-refractivity contribution in [2.45, 2.75) is 19.4 Å². The highest BCUT2D eigenvalue weighted by molar-refractivity contribution is 5.75. The Morgan fingerprint density at radius 2 is 1.62 bits per heavy atom. The van der Waals surface area contributed by atoms with Crippen LogP contribution < -0.4 is 14.2 Å². The van der Waals surface area contributed by atoms with Crippen LogP contribution in [0, 0.1) is 5.92 Å². The third-order valence-corrected chi connectivity index (χ3v) is 5.34.